The smallest absolute Gasteiger partial charge is 0.253 e. The summed E-state index contributed by atoms with van der Waals surface area (Å²) < 4.78 is 0. The number of hydrogen-bond donors (Lipinski definition) is 3. The molecule has 0 unspecified atom stereocenters. The quantitative estimate of drug-likeness (QED) is 0.264. The van der Waals surface area contributed by atoms with E-state index in [1.54, 1.807) is 5.38 Å². The van der Waals surface area contributed by atoms with Crippen LogP contribution in [0.5, 0.6) is 0 Å². The number of carbonyl (C=O) groups is 1. The third-order valence-electron chi connectivity index (χ3n) is 4.57. The van der Waals surface area contributed by atoms with E-state index in [-0.39, 0.29) is 12.3 Å². The van der Waals surface area contributed by atoms with Gasteiger partial charge < -0.3 is 16.2 Å². The van der Waals surface area contributed by atoms with Crippen molar-refractivity contribution in [1.82, 2.24) is 10.3 Å². The Balaban J connectivity index is 1.48. The fourth-order valence-electron chi connectivity index (χ4n) is 3.01. The van der Waals surface area contributed by atoms with Gasteiger partial charge in [0.25, 0.3) is 5.91 Å². The second-order valence-electron chi connectivity index (χ2n) is 6.75. The molecule has 0 saturated carbocycles. The van der Waals surface area contributed by atoms with Gasteiger partial charge in [0, 0.05) is 18.6 Å². The Labute approximate surface area is 179 Å². The number of hydrogen-bond acceptors (Lipinski definition) is 7. The molecule has 2 aromatic carbocycles. The van der Waals surface area contributed by atoms with E-state index in [1.807, 2.05) is 54.6 Å². The number of aliphatic hydroxyl groups excluding tert-OH is 1. The van der Waals surface area contributed by atoms with Crippen LogP contribution in [-0.4, -0.2) is 35.8 Å². The molecule has 0 radical (unpaired) electrons. The zero-order chi connectivity index (χ0) is 21.3. The maximum atomic E-state index is 12.5. The van der Waals surface area contributed by atoms with Crippen LogP contribution in [0, 0.1) is 0 Å². The molecule has 3 aromatic rings. The zero-order valence-corrected chi connectivity index (χ0v) is 17.4. The predicted molar refractivity (Wildman–Crippen MR) is 122 cm³/mol. The molecule has 0 fully saturated rings. The number of nitrogen functional groups attached to an aromatic ring is 1. The summed E-state index contributed by atoms with van der Waals surface area (Å²) in [6, 6.07) is 17.2. The van der Waals surface area contributed by atoms with Crippen LogP contribution in [-0.2, 0) is 17.6 Å². The van der Waals surface area contributed by atoms with E-state index in [2.05, 4.69) is 22.1 Å². The van der Waals surface area contributed by atoms with E-state index < -0.39 is 6.10 Å². The van der Waals surface area contributed by atoms with Crippen molar-refractivity contribution in [2.45, 2.75) is 18.9 Å². The topological polar surface area (TPSA) is 104 Å². The number of benzene rings is 2. The molecule has 0 aliphatic heterocycles. The van der Waals surface area contributed by atoms with Crippen LogP contribution in [0.4, 0.5) is 10.8 Å². The number of aliphatic hydroxyl groups is 1. The Morgan fingerprint density at radius 2 is 1.97 bits per heavy atom. The van der Waals surface area contributed by atoms with Gasteiger partial charge in [-0.25, -0.2) is 9.99 Å². The normalized spacial score (nSPS) is 11.8. The number of anilines is 2. The molecule has 1 heterocycles. The molecule has 8 heteroatoms. The molecule has 0 aliphatic carbocycles. The first kappa shape index (κ1) is 21.6. The van der Waals surface area contributed by atoms with Crippen molar-refractivity contribution in [3.8, 4) is 0 Å². The first-order chi connectivity index (χ1) is 14.6. The second kappa shape index (κ2) is 10.6. The Bertz CT molecular complexity index is 959. The number of thiazole rings is 1. The van der Waals surface area contributed by atoms with Gasteiger partial charge in [0.15, 0.2) is 5.13 Å². The minimum absolute atomic E-state index is 0.113. The van der Waals surface area contributed by atoms with Gasteiger partial charge in [0.2, 0.25) is 0 Å². The second-order valence-corrected chi connectivity index (χ2v) is 7.64. The highest BCUT2D eigenvalue weighted by Gasteiger charge is 2.16. The molecule has 1 aromatic heterocycles. The van der Waals surface area contributed by atoms with E-state index in [0.29, 0.717) is 23.1 Å². The predicted octanol–water partition coefficient (Wildman–Crippen LogP) is 2.78. The summed E-state index contributed by atoms with van der Waals surface area (Å²) >= 11 is 1.30. The number of carbonyl (C=O) groups excluding carboxylic acids is 1. The number of rotatable bonds is 10. The molecule has 3 rings (SSSR count). The lowest BCUT2D eigenvalue weighted by Gasteiger charge is -2.16. The van der Waals surface area contributed by atoms with Crippen LogP contribution in [0.3, 0.4) is 0 Å². The summed E-state index contributed by atoms with van der Waals surface area (Å²) in [4.78, 5) is 16.6. The Morgan fingerprint density at radius 3 is 2.60 bits per heavy atom. The monoisotopic (exact) mass is 423 g/mol. The summed E-state index contributed by atoms with van der Waals surface area (Å²) in [6.07, 6.45) is 0.386. The van der Waals surface area contributed by atoms with E-state index in [1.165, 1.54) is 16.3 Å². The number of amides is 1. The Hall–Kier alpha value is -3.07. The molecule has 1 atom stereocenters. The first-order valence-electron chi connectivity index (χ1n) is 9.59. The standard InChI is InChI=1S/C22H25N5O2S/c1-24-27(21(29)13-18-15-30-22(23)26-18)19-9-7-16(8-10-19)11-12-25-14-20(28)17-5-3-2-4-6-17/h2-10,15,20,25,28H,1,11-14H2,(H2,23,26)/t20-/m0/s1. The van der Waals surface area contributed by atoms with Crippen molar-refractivity contribution in [1.29, 1.82) is 0 Å². The van der Waals surface area contributed by atoms with E-state index in [9.17, 15) is 9.90 Å². The molecule has 0 bridgehead atoms. The molecule has 0 aliphatic rings. The van der Waals surface area contributed by atoms with Crippen LogP contribution in [0.1, 0.15) is 22.9 Å². The van der Waals surface area contributed by atoms with Gasteiger partial charge in [-0.15, -0.1) is 11.3 Å². The third kappa shape index (κ3) is 5.96. The third-order valence-corrected chi connectivity index (χ3v) is 5.30. The van der Waals surface area contributed by atoms with Gasteiger partial charge in [-0.05, 0) is 36.2 Å². The molecule has 0 saturated heterocycles. The SMILES string of the molecule is C=NN(C(=O)Cc1csc(N)n1)c1ccc(CCNC[C@H](O)c2ccccc2)cc1. The lowest BCUT2D eigenvalue weighted by molar-refractivity contribution is -0.118. The number of hydrazone groups is 1. The maximum Gasteiger partial charge on any atom is 0.253 e. The molecule has 156 valence electrons. The number of nitrogens with two attached hydrogens (primary N) is 1. The average Bonchev–Trinajstić information content (AvgIpc) is 3.17. The van der Waals surface area contributed by atoms with Gasteiger partial charge in [-0.3, -0.25) is 4.79 Å². The van der Waals surface area contributed by atoms with Crippen LogP contribution >= 0.6 is 11.3 Å². The highest BCUT2D eigenvalue weighted by molar-refractivity contribution is 7.13. The summed E-state index contributed by atoms with van der Waals surface area (Å²) in [5.74, 6) is -0.223. The van der Waals surface area contributed by atoms with Crippen LogP contribution in [0.15, 0.2) is 65.1 Å². The van der Waals surface area contributed by atoms with Gasteiger partial charge in [-0.2, -0.15) is 5.10 Å². The van der Waals surface area contributed by atoms with E-state index >= 15 is 0 Å². The Kier molecular flexibility index (Phi) is 7.67. The number of aromatic nitrogens is 1. The lowest BCUT2D eigenvalue weighted by Crippen LogP contribution is -2.27. The van der Waals surface area contributed by atoms with Crippen molar-refractivity contribution in [3.63, 3.8) is 0 Å². The van der Waals surface area contributed by atoms with Gasteiger partial charge in [0.05, 0.1) is 23.9 Å². The largest absolute Gasteiger partial charge is 0.387 e. The van der Waals surface area contributed by atoms with Crippen molar-refractivity contribution < 1.29 is 9.90 Å². The van der Waals surface area contributed by atoms with Gasteiger partial charge in [0.1, 0.15) is 0 Å². The summed E-state index contributed by atoms with van der Waals surface area (Å²) in [5, 5.41) is 20.8. The highest BCUT2D eigenvalue weighted by Crippen LogP contribution is 2.19. The summed E-state index contributed by atoms with van der Waals surface area (Å²) in [7, 11) is 0. The molecule has 30 heavy (non-hydrogen) atoms. The Morgan fingerprint density at radius 1 is 1.23 bits per heavy atom. The first-order valence-corrected chi connectivity index (χ1v) is 10.5. The number of nitrogens with one attached hydrogen (secondary N) is 1. The molecule has 0 spiro atoms. The highest BCUT2D eigenvalue weighted by atomic mass is 32.1. The minimum Gasteiger partial charge on any atom is -0.387 e. The maximum absolute atomic E-state index is 12.5. The van der Waals surface area contributed by atoms with Crippen LogP contribution < -0.4 is 16.1 Å². The molecular weight excluding hydrogens is 398 g/mol. The molecule has 7 nitrogen and oxygen atoms in total. The number of nitrogens with zero attached hydrogens (tertiary/aromatic N) is 3. The molecule has 4 N–H and O–H groups in total. The van der Waals surface area contributed by atoms with Gasteiger partial charge >= 0.3 is 0 Å². The van der Waals surface area contributed by atoms with E-state index in [4.69, 9.17) is 5.73 Å². The van der Waals surface area contributed by atoms with E-state index in [0.717, 1.165) is 24.1 Å². The lowest BCUT2D eigenvalue weighted by atomic mass is 10.1. The van der Waals surface area contributed by atoms with Crippen molar-refractivity contribution in [3.05, 3.63) is 76.8 Å². The minimum atomic E-state index is -0.528. The molecule has 1 amide bonds. The fraction of sp³-hybridized carbons (Fsp3) is 0.227. The van der Waals surface area contributed by atoms with Gasteiger partial charge in [-0.1, -0.05) is 42.5 Å². The summed E-state index contributed by atoms with van der Waals surface area (Å²) in [6.45, 7) is 4.73. The van der Waals surface area contributed by atoms with Crippen molar-refractivity contribution >= 4 is 34.8 Å². The summed E-state index contributed by atoms with van der Waals surface area (Å²) in [5.41, 5.74) is 8.90. The van der Waals surface area contributed by atoms with Crippen molar-refractivity contribution in [2.24, 2.45) is 5.10 Å². The van der Waals surface area contributed by atoms with Crippen molar-refractivity contribution in [2.75, 3.05) is 23.8 Å². The van der Waals surface area contributed by atoms with Crippen LogP contribution in [0.25, 0.3) is 0 Å². The average molecular weight is 424 g/mol. The zero-order valence-electron chi connectivity index (χ0n) is 16.6. The van der Waals surface area contributed by atoms with Crippen LogP contribution in [0.2, 0.25) is 0 Å². The fourth-order valence-corrected chi connectivity index (χ4v) is 3.57. The molecular formula is C22H25N5O2S.